The molecule has 0 aromatic heterocycles. The zero-order valence-electron chi connectivity index (χ0n) is 3.32. The highest BCUT2D eigenvalue weighted by Crippen LogP contribution is 1.82. The first-order valence-electron chi connectivity index (χ1n) is 1.68. The van der Waals surface area contributed by atoms with Crippen molar-refractivity contribution in [3.05, 3.63) is 12.2 Å². The molecule has 0 amide bonds. The second-order valence-corrected chi connectivity index (χ2v) is 1.74. The van der Waals surface area contributed by atoms with Crippen molar-refractivity contribution in [2.24, 2.45) is 0 Å². The van der Waals surface area contributed by atoms with Gasteiger partial charge in [-0.25, -0.2) is 0 Å². The van der Waals surface area contributed by atoms with Crippen molar-refractivity contribution in [1.82, 2.24) is 0 Å². The van der Waals surface area contributed by atoms with Crippen LogP contribution in [-0.2, 0) is 0 Å². The summed E-state index contributed by atoms with van der Waals surface area (Å²) in [4.78, 5) is 0. The predicted molar refractivity (Wildman–Crippen MR) is 33.7 cm³/mol. The second kappa shape index (κ2) is 5.51. The maximum atomic E-state index is 5.27. The van der Waals surface area contributed by atoms with Crippen molar-refractivity contribution >= 4 is 27.5 Å². The Morgan fingerprint density at radius 2 is 2.17 bits per heavy atom. The minimum absolute atomic E-state index is 0.617. The molecule has 0 atom stereocenters. The summed E-state index contributed by atoms with van der Waals surface area (Å²) in [5.74, 6) is 0.617. The molecule has 36 valence electrons. The van der Waals surface area contributed by atoms with E-state index in [2.05, 4.69) is 15.9 Å². The Hall–Kier alpha value is 0.510. The topological polar surface area (TPSA) is 0 Å². The molecule has 0 fully saturated rings. The van der Waals surface area contributed by atoms with Crippen LogP contribution in [0.15, 0.2) is 12.2 Å². The highest BCUT2D eigenvalue weighted by molar-refractivity contribution is 9.09. The maximum Gasteiger partial charge on any atom is 0.0404 e. The molecular formula is C4H6BrCl. The van der Waals surface area contributed by atoms with Gasteiger partial charge in [0.15, 0.2) is 0 Å². The van der Waals surface area contributed by atoms with Gasteiger partial charge in [0.2, 0.25) is 0 Å². The number of alkyl halides is 2. The number of allylic oxidation sites excluding steroid dienone is 2. The summed E-state index contributed by atoms with van der Waals surface area (Å²) in [5, 5.41) is 0.903. The lowest BCUT2D eigenvalue weighted by Crippen LogP contribution is -1.59. The zero-order valence-corrected chi connectivity index (χ0v) is 5.67. The fourth-order valence-corrected chi connectivity index (χ4v) is 0.516. The number of hydrogen-bond acceptors (Lipinski definition) is 0. The van der Waals surface area contributed by atoms with E-state index in [9.17, 15) is 0 Å². The van der Waals surface area contributed by atoms with Gasteiger partial charge in [-0.3, -0.25) is 0 Å². The summed E-state index contributed by atoms with van der Waals surface area (Å²) < 4.78 is 0. The van der Waals surface area contributed by atoms with Gasteiger partial charge in [0.25, 0.3) is 0 Å². The molecule has 0 N–H and O–H groups in total. The van der Waals surface area contributed by atoms with Gasteiger partial charge in [-0.05, 0) is 0 Å². The summed E-state index contributed by atoms with van der Waals surface area (Å²) >= 11 is 8.48. The van der Waals surface area contributed by atoms with Crippen LogP contribution in [0, 0.1) is 0 Å². The summed E-state index contributed by atoms with van der Waals surface area (Å²) in [6.07, 6.45) is 3.86. The summed E-state index contributed by atoms with van der Waals surface area (Å²) in [5.41, 5.74) is 0. The fourth-order valence-electron chi connectivity index (χ4n) is 0.126. The quantitative estimate of drug-likeness (QED) is 0.439. The van der Waals surface area contributed by atoms with Crippen LogP contribution in [0.5, 0.6) is 0 Å². The lowest BCUT2D eigenvalue weighted by Gasteiger charge is -1.69. The van der Waals surface area contributed by atoms with E-state index in [0.717, 1.165) is 5.33 Å². The average molecular weight is 169 g/mol. The molecule has 0 saturated heterocycles. The summed E-state index contributed by atoms with van der Waals surface area (Å²) in [6, 6.07) is 0. The van der Waals surface area contributed by atoms with Gasteiger partial charge < -0.3 is 0 Å². The molecule has 0 unspecified atom stereocenters. The first kappa shape index (κ1) is 6.51. The first-order chi connectivity index (χ1) is 2.91. The second-order valence-electron chi connectivity index (χ2n) is 0.780. The van der Waals surface area contributed by atoms with E-state index in [1.807, 2.05) is 12.2 Å². The summed E-state index contributed by atoms with van der Waals surface area (Å²) in [6.45, 7) is 0. The third kappa shape index (κ3) is 4.51. The van der Waals surface area contributed by atoms with Gasteiger partial charge in [-0.2, -0.15) is 0 Å². The van der Waals surface area contributed by atoms with Crippen LogP contribution < -0.4 is 0 Å². The molecule has 0 rings (SSSR count). The Balaban J connectivity index is 2.73. The largest absolute Gasteiger partial charge is 0.122 e. The molecule has 0 saturated carbocycles. The van der Waals surface area contributed by atoms with Gasteiger partial charge >= 0.3 is 0 Å². The van der Waals surface area contributed by atoms with Gasteiger partial charge in [0, 0.05) is 11.2 Å². The molecule has 0 radical (unpaired) electrons. The van der Waals surface area contributed by atoms with Crippen LogP contribution in [0.1, 0.15) is 0 Å². The van der Waals surface area contributed by atoms with Gasteiger partial charge in [-0.15, -0.1) is 11.6 Å². The smallest absolute Gasteiger partial charge is 0.0404 e. The highest BCUT2D eigenvalue weighted by Gasteiger charge is 1.62. The van der Waals surface area contributed by atoms with E-state index in [4.69, 9.17) is 11.6 Å². The van der Waals surface area contributed by atoms with E-state index in [1.165, 1.54) is 0 Å². The maximum absolute atomic E-state index is 5.27. The van der Waals surface area contributed by atoms with E-state index >= 15 is 0 Å². The van der Waals surface area contributed by atoms with Crippen LogP contribution in [0.4, 0.5) is 0 Å². The van der Waals surface area contributed by atoms with E-state index in [1.54, 1.807) is 0 Å². The number of halogens is 2. The van der Waals surface area contributed by atoms with Crippen molar-refractivity contribution in [3.8, 4) is 0 Å². The predicted octanol–water partition coefficient (Wildman–Crippen LogP) is 2.18. The van der Waals surface area contributed by atoms with Crippen molar-refractivity contribution in [2.45, 2.75) is 0 Å². The molecule has 0 aliphatic carbocycles. The number of rotatable bonds is 2. The first-order valence-corrected chi connectivity index (χ1v) is 3.34. The highest BCUT2D eigenvalue weighted by atomic mass is 79.9. The Morgan fingerprint density at radius 1 is 1.50 bits per heavy atom. The lowest BCUT2D eigenvalue weighted by molar-refractivity contribution is 1.68. The third-order valence-electron chi connectivity index (χ3n) is 0.345. The van der Waals surface area contributed by atoms with Crippen LogP contribution >= 0.6 is 27.5 Å². The molecule has 0 heterocycles. The Morgan fingerprint density at radius 3 is 2.33 bits per heavy atom. The van der Waals surface area contributed by atoms with E-state index in [0.29, 0.717) is 5.88 Å². The van der Waals surface area contributed by atoms with Crippen molar-refractivity contribution < 1.29 is 0 Å². The summed E-state index contributed by atoms with van der Waals surface area (Å²) in [7, 11) is 0. The van der Waals surface area contributed by atoms with Crippen LogP contribution in [-0.4, -0.2) is 11.2 Å². The molecule has 0 aromatic rings. The fraction of sp³-hybridized carbons (Fsp3) is 0.500. The van der Waals surface area contributed by atoms with Crippen LogP contribution in [0.25, 0.3) is 0 Å². The molecule has 2 heteroatoms. The minimum Gasteiger partial charge on any atom is -0.122 e. The SMILES string of the molecule is ClC/C=C\CBr. The third-order valence-corrected chi connectivity index (χ3v) is 0.897. The van der Waals surface area contributed by atoms with Crippen molar-refractivity contribution in [1.29, 1.82) is 0 Å². The Labute approximate surface area is 51.3 Å². The minimum atomic E-state index is 0.617. The lowest BCUT2D eigenvalue weighted by atomic mass is 10.6. The molecule has 0 bridgehead atoms. The Bertz CT molecular complexity index is 36.8. The molecule has 0 aliphatic rings. The van der Waals surface area contributed by atoms with Crippen LogP contribution in [0.3, 0.4) is 0 Å². The van der Waals surface area contributed by atoms with E-state index < -0.39 is 0 Å². The van der Waals surface area contributed by atoms with Crippen molar-refractivity contribution in [2.75, 3.05) is 11.2 Å². The molecule has 0 spiro atoms. The molecule has 0 nitrogen and oxygen atoms in total. The average Bonchev–Trinajstić information content (AvgIpc) is 1.61. The standard InChI is InChI=1S/C4H6BrCl/c5-3-1-2-4-6/h1-2H,3-4H2/b2-1-. The van der Waals surface area contributed by atoms with E-state index in [-0.39, 0.29) is 0 Å². The molecule has 0 aliphatic heterocycles. The van der Waals surface area contributed by atoms with Gasteiger partial charge in [0.1, 0.15) is 0 Å². The Kier molecular flexibility index (Phi) is 5.98. The number of hydrogen-bond donors (Lipinski definition) is 0. The molecule has 6 heavy (non-hydrogen) atoms. The zero-order chi connectivity index (χ0) is 4.83. The molecule has 0 aromatic carbocycles. The molecular weight excluding hydrogens is 163 g/mol. The van der Waals surface area contributed by atoms with Crippen LogP contribution in [0.2, 0.25) is 0 Å². The normalized spacial score (nSPS) is 10.3. The van der Waals surface area contributed by atoms with Crippen molar-refractivity contribution in [3.63, 3.8) is 0 Å². The van der Waals surface area contributed by atoms with Gasteiger partial charge in [0.05, 0.1) is 0 Å². The van der Waals surface area contributed by atoms with Gasteiger partial charge in [-0.1, -0.05) is 28.1 Å². The monoisotopic (exact) mass is 168 g/mol.